The van der Waals surface area contributed by atoms with Crippen LogP contribution in [0.4, 0.5) is 0 Å². The fraction of sp³-hybridized carbons (Fsp3) is 0.538. The van der Waals surface area contributed by atoms with Crippen molar-refractivity contribution in [3.8, 4) is 0 Å². The summed E-state index contributed by atoms with van der Waals surface area (Å²) in [6.45, 7) is 0. The van der Waals surface area contributed by atoms with Gasteiger partial charge in [0.15, 0.2) is 9.84 Å². The van der Waals surface area contributed by atoms with E-state index in [9.17, 15) is 8.42 Å². The monoisotopic (exact) mass is 380 g/mol. The zero-order valence-corrected chi connectivity index (χ0v) is 14.1. The van der Waals surface area contributed by atoms with E-state index in [1.165, 1.54) is 0 Å². The zero-order chi connectivity index (χ0) is 14.8. The van der Waals surface area contributed by atoms with Crippen molar-refractivity contribution in [1.82, 2.24) is 5.43 Å². The van der Waals surface area contributed by atoms with Crippen LogP contribution in [0, 0.1) is 0 Å². The van der Waals surface area contributed by atoms with Crippen LogP contribution in [-0.2, 0) is 16.3 Å². The summed E-state index contributed by atoms with van der Waals surface area (Å²) in [7, 11) is -3.07. The van der Waals surface area contributed by atoms with Gasteiger partial charge in [-0.1, -0.05) is 40.0 Å². The minimum Gasteiger partial charge on any atom is -0.271 e. The molecule has 2 atom stereocenters. The molecule has 0 radical (unpaired) electrons. The molecule has 4 nitrogen and oxygen atoms in total. The van der Waals surface area contributed by atoms with Crippen LogP contribution in [0.2, 0.25) is 5.02 Å². The highest BCUT2D eigenvalue weighted by Crippen LogP contribution is 2.27. The molecule has 112 valence electrons. The number of halogens is 2. The summed E-state index contributed by atoms with van der Waals surface area (Å²) in [5, 5.41) is 0.189. The second kappa shape index (κ2) is 6.75. The van der Waals surface area contributed by atoms with Crippen molar-refractivity contribution in [2.24, 2.45) is 5.84 Å². The Hall–Kier alpha value is -0.140. The Morgan fingerprint density at radius 1 is 1.45 bits per heavy atom. The molecule has 1 saturated heterocycles. The van der Waals surface area contributed by atoms with Crippen molar-refractivity contribution in [2.45, 2.75) is 37.0 Å². The van der Waals surface area contributed by atoms with Gasteiger partial charge in [0.25, 0.3) is 0 Å². The lowest BCUT2D eigenvalue weighted by Gasteiger charge is -2.29. The zero-order valence-electron chi connectivity index (χ0n) is 11.0. The first-order valence-electron chi connectivity index (χ1n) is 6.55. The van der Waals surface area contributed by atoms with Gasteiger partial charge in [-0.2, -0.15) is 0 Å². The number of nitrogens with one attached hydrogen (secondary N) is 1. The van der Waals surface area contributed by atoms with Crippen molar-refractivity contribution in [1.29, 1.82) is 0 Å². The Morgan fingerprint density at radius 3 is 2.80 bits per heavy atom. The summed E-state index contributed by atoms with van der Waals surface area (Å²) in [5.74, 6) is 5.84. The molecule has 1 aliphatic heterocycles. The SMILES string of the molecule is NNC(Cc1ccc(Br)cc1Cl)C1CCCCS1(=O)=O. The smallest absolute Gasteiger partial charge is 0.154 e. The van der Waals surface area contributed by atoms with E-state index in [2.05, 4.69) is 21.4 Å². The molecular weight excluding hydrogens is 364 g/mol. The largest absolute Gasteiger partial charge is 0.271 e. The van der Waals surface area contributed by atoms with Gasteiger partial charge in [-0.25, -0.2) is 8.42 Å². The van der Waals surface area contributed by atoms with Gasteiger partial charge in [-0.3, -0.25) is 11.3 Å². The van der Waals surface area contributed by atoms with E-state index < -0.39 is 15.1 Å². The van der Waals surface area contributed by atoms with Crippen molar-refractivity contribution >= 4 is 37.4 Å². The molecule has 0 spiro atoms. The number of hydrazine groups is 1. The minimum atomic E-state index is -3.07. The molecule has 1 fully saturated rings. The van der Waals surface area contributed by atoms with Gasteiger partial charge in [-0.15, -0.1) is 0 Å². The van der Waals surface area contributed by atoms with Gasteiger partial charge >= 0.3 is 0 Å². The molecule has 0 aliphatic carbocycles. The second-order valence-corrected chi connectivity index (χ2v) is 8.78. The highest BCUT2D eigenvalue weighted by Gasteiger charge is 2.35. The Balaban J connectivity index is 2.20. The summed E-state index contributed by atoms with van der Waals surface area (Å²) in [6.07, 6.45) is 2.84. The molecule has 1 aliphatic rings. The Kier molecular flexibility index (Phi) is 5.48. The fourth-order valence-corrected chi connectivity index (χ4v) is 5.51. The summed E-state index contributed by atoms with van der Waals surface area (Å²) in [4.78, 5) is 0. The predicted molar refractivity (Wildman–Crippen MR) is 85.4 cm³/mol. The van der Waals surface area contributed by atoms with Crippen LogP contribution in [0.1, 0.15) is 24.8 Å². The maximum Gasteiger partial charge on any atom is 0.154 e. The highest BCUT2D eigenvalue weighted by atomic mass is 79.9. The van der Waals surface area contributed by atoms with Gasteiger partial charge in [-0.05, 0) is 37.0 Å². The third kappa shape index (κ3) is 3.74. The average molecular weight is 382 g/mol. The number of sulfone groups is 1. The van der Waals surface area contributed by atoms with Gasteiger partial charge in [0.1, 0.15) is 0 Å². The van der Waals surface area contributed by atoms with Crippen LogP contribution in [-0.4, -0.2) is 25.5 Å². The van der Waals surface area contributed by atoms with E-state index in [4.69, 9.17) is 17.4 Å². The topological polar surface area (TPSA) is 72.2 Å². The predicted octanol–water partition coefficient (Wildman–Crippen LogP) is 2.44. The second-order valence-electron chi connectivity index (χ2n) is 5.11. The molecule has 1 aromatic carbocycles. The van der Waals surface area contributed by atoms with Crippen molar-refractivity contribution in [3.63, 3.8) is 0 Å². The van der Waals surface area contributed by atoms with E-state index in [1.807, 2.05) is 12.1 Å². The van der Waals surface area contributed by atoms with E-state index in [0.717, 1.165) is 22.9 Å². The lowest BCUT2D eigenvalue weighted by Crippen LogP contribution is -2.50. The van der Waals surface area contributed by atoms with Crippen LogP contribution >= 0.6 is 27.5 Å². The van der Waals surface area contributed by atoms with Crippen LogP contribution < -0.4 is 11.3 Å². The Bertz CT molecular complexity index is 580. The standard InChI is InChI=1S/C13H18BrClN2O2S/c14-10-5-4-9(11(15)8-10)7-12(17-16)13-3-1-2-6-20(13,18)19/h4-5,8,12-13,17H,1-3,6-7,16H2. The summed E-state index contributed by atoms with van der Waals surface area (Å²) in [6, 6.07) is 5.29. The van der Waals surface area contributed by atoms with Crippen LogP contribution in [0.15, 0.2) is 22.7 Å². The first-order valence-corrected chi connectivity index (χ1v) is 9.44. The Morgan fingerprint density at radius 2 is 2.20 bits per heavy atom. The van der Waals surface area contributed by atoms with Gasteiger partial charge in [0, 0.05) is 15.5 Å². The van der Waals surface area contributed by atoms with Gasteiger partial charge < -0.3 is 0 Å². The van der Waals surface area contributed by atoms with E-state index >= 15 is 0 Å². The molecule has 20 heavy (non-hydrogen) atoms. The summed E-state index contributed by atoms with van der Waals surface area (Å²) >= 11 is 9.55. The van der Waals surface area contributed by atoms with Crippen LogP contribution in [0.3, 0.4) is 0 Å². The molecule has 7 heteroatoms. The minimum absolute atomic E-state index is 0.254. The fourth-order valence-electron chi connectivity index (χ4n) is 2.65. The summed E-state index contributed by atoms with van der Waals surface area (Å²) in [5.41, 5.74) is 3.57. The maximum atomic E-state index is 12.2. The normalized spacial score (nSPS) is 23.4. The molecule has 1 heterocycles. The van der Waals surface area contributed by atoms with Crippen molar-refractivity contribution in [2.75, 3.05) is 5.75 Å². The number of nitrogens with two attached hydrogens (primary N) is 1. The highest BCUT2D eigenvalue weighted by molar-refractivity contribution is 9.10. The van der Waals surface area contributed by atoms with E-state index in [0.29, 0.717) is 17.9 Å². The molecule has 0 saturated carbocycles. The molecule has 1 aromatic rings. The first kappa shape index (κ1) is 16.2. The van der Waals surface area contributed by atoms with Crippen molar-refractivity contribution in [3.05, 3.63) is 33.3 Å². The number of benzene rings is 1. The summed E-state index contributed by atoms with van der Waals surface area (Å²) < 4.78 is 25.2. The number of rotatable bonds is 4. The number of hydrogen-bond acceptors (Lipinski definition) is 4. The average Bonchev–Trinajstić information content (AvgIpc) is 2.38. The van der Waals surface area contributed by atoms with Crippen molar-refractivity contribution < 1.29 is 8.42 Å². The Labute approximate surface area is 133 Å². The third-order valence-electron chi connectivity index (χ3n) is 3.75. The number of hydrogen-bond donors (Lipinski definition) is 2. The van der Waals surface area contributed by atoms with Crippen LogP contribution in [0.25, 0.3) is 0 Å². The van der Waals surface area contributed by atoms with Gasteiger partial charge in [0.05, 0.1) is 11.0 Å². The molecule has 2 rings (SSSR count). The first-order chi connectivity index (χ1) is 9.44. The molecule has 0 aromatic heterocycles. The maximum absolute atomic E-state index is 12.2. The van der Waals surface area contributed by atoms with Crippen LogP contribution in [0.5, 0.6) is 0 Å². The molecule has 3 N–H and O–H groups in total. The van der Waals surface area contributed by atoms with E-state index in [-0.39, 0.29) is 11.8 Å². The molecule has 0 bridgehead atoms. The molecule has 2 unspecified atom stereocenters. The quantitative estimate of drug-likeness (QED) is 0.621. The molecule has 0 amide bonds. The van der Waals surface area contributed by atoms with Gasteiger partial charge in [0.2, 0.25) is 0 Å². The van der Waals surface area contributed by atoms with E-state index in [1.54, 1.807) is 6.07 Å². The lowest BCUT2D eigenvalue weighted by molar-refractivity contribution is 0.440. The lowest BCUT2D eigenvalue weighted by atomic mass is 10.00. The molecular formula is C13H18BrClN2O2S. The third-order valence-corrected chi connectivity index (χ3v) is 6.94.